The Hall–Kier alpha value is -1.77. The number of benzene rings is 1. The van der Waals surface area contributed by atoms with E-state index in [0.717, 1.165) is 11.3 Å². The van der Waals surface area contributed by atoms with Gasteiger partial charge in [-0.3, -0.25) is 4.79 Å². The molecule has 0 aromatic heterocycles. The molecule has 1 N–H and O–H groups in total. The van der Waals surface area contributed by atoms with Crippen molar-refractivity contribution < 1.29 is 14.6 Å². The summed E-state index contributed by atoms with van der Waals surface area (Å²) in [5, 5.41) is 8.85. The van der Waals surface area contributed by atoms with Crippen LogP contribution in [0.4, 0.5) is 0 Å². The fourth-order valence-corrected chi connectivity index (χ4v) is 1.75. The Kier molecular flexibility index (Phi) is 5.27. The minimum absolute atomic E-state index is 0.0133. The van der Waals surface area contributed by atoms with Gasteiger partial charge in [0.2, 0.25) is 0 Å². The van der Waals surface area contributed by atoms with Crippen LogP contribution in [0.5, 0.6) is 5.75 Å². The van der Waals surface area contributed by atoms with Crippen LogP contribution in [0.25, 0.3) is 0 Å². The third-order valence-electron chi connectivity index (χ3n) is 2.53. The number of carboxylic acids is 1. The van der Waals surface area contributed by atoms with E-state index in [1.807, 2.05) is 31.2 Å². The largest absolute Gasteiger partial charge is 0.494 e. The van der Waals surface area contributed by atoms with Crippen molar-refractivity contribution in [2.24, 2.45) is 0 Å². The number of ether oxygens (including phenoxy) is 1. The van der Waals surface area contributed by atoms with Gasteiger partial charge in [-0.05, 0) is 37.0 Å². The SMILES string of the molecule is C=CC[C@H](CC(=O)O)c1ccc(OCC)cc1. The minimum Gasteiger partial charge on any atom is -0.494 e. The molecule has 0 amide bonds. The van der Waals surface area contributed by atoms with Gasteiger partial charge in [-0.25, -0.2) is 0 Å². The number of hydrogen-bond acceptors (Lipinski definition) is 2. The highest BCUT2D eigenvalue weighted by molar-refractivity contribution is 5.68. The molecule has 3 nitrogen and oxygen atoms in total. The zero-order valence-electron chi connectivity index (χ0n) is 10.1. The van der Waals surface area contributed by atoms with Gasteiger partial charge in [0, 0.05) is 0 Å². The third-order valence-corrected chi connectivity index (χ3v) is 2.53. The fourth-order valence-electron chi connectivity index (χ4n) is 1.75. The molecule has 1 aromatic rings. The average molecular weight is 234 g/mol. The number of carboxylic acid groups (broad SMARTS) is 1. The molecule has 0 unspecified atom stereocenters. The highest BCUT2D eigenvalue weighted by atomic mass is 16.5. The Bertz CT molecular complexity index is 368. The van der Waals surface area contributed by atoms with Crippen LogP contribution in [0.2, 0.25) is 0 Å². The molecule has 1 aromatic carbocycles. The van der Waals surface area contributed by atoms with E-state index >= 15 is 0 Å². The van der Waals surface area contributed by atoms with Gasteiger partial charge >= 0.3 is 5.97 Å². The van der Waals surface area contributed by atoms with Crippen molar-refractivity contribution in [3.63, 3.8) is 0 Å². The molecule has 92 valence electrons. The first-order chi connectivity index (χ1) is 8.17. The molecule has 0 radical (unpaired) electrons. The van der Waals surface area contributed by atoms with Crippen LogP contribution in [0.3, 0.4) is 0 Å². The van der Waals surface area contributed by atoms with Crippen molar-refractivity contribution in [1.82, 2.24) is 0 Å². The molecule has 0 aliphatic rings. The number of hydrogen-bond donors (Lipinski definition) is 1. The summed E-state index contributed by atoms with van der Waals surface area (Å²) in [6.45, 7) is 6.22. The second-order valence-corrected chi connectivity index (χ2v) is 3.82. The van der Waals surface area contributed by atoms with Gasteiger partial charge in [-0.15, -0.1) is 6.58 Å². The molecule has 17 heavy (non-hydrogen) atoms. The Morgan fingerprint density at radius 3 is 2.59 bits per heavy atom. The van der Waals surface area contributed by atoms with Crippen LogP contribution in [0.1, 0.15) is 31.2 Å². The van der Waals surface area contributed by atoms with E-state index in [-0.39, 0.29) is 12.3 Å². The van der Waals surface area contributed by atoms with Crippen molar-refractivity contribution in [2.45, 2.75) is 25.7 Å². The molecule has 1 rings (SSSR count). The van der Waals surface area contributed by atoms with Gasteiger partial charge < -0.3 is 9.84 Å². The maximum atomic E-state index is 10.8. The summed E-state index contributed by atoms with van der Waals surface area (Å²) in [4.78, 5) is 10.8. The Morgan fingerprint density at radius 2 is 2.12 bits per heavy atom. The summed E-state index contributed by atoms with van der Waals surface area (Å²) < 4.78 is 5.35. The molecule has 0 heterocycles. The Morgan fingerprint density at radius 1 is 1.47 bits per heavy atom. The van der Waals surface area contributed by atoms with Crippen molar-refractivity contribution in [2.75, 3.05) is 6.61 Å². The summed E-state index contributed by atoms with van der Waals surface area (Å²) >= 11 is 0. The molecule has 0 fully saturated rings. The van der Waals surface area contributed by atoms with E-state index in [2.05, 4.69) is 6.58 Å². The number of allylic oxidation sites excluding steroid dienone is 1. The van der Waals surface area contributed by atoms with Crippen molar-refractivity contribution in [3.05, 3.63) is 42.5 Å². The van der Waals surface area contributed by atoms with Gasteiger partial charge in [-0.1, -0.05) is 18.2 Å². The first-order valence-corrected chi connectivity index (χ1v) is 5.72. The lowest BCUT2D eigenvalue weighted by Gasteiger charge is -2.13. The molecule has 0 saturated heterocycles. The maximum Gasteiger partial charge on any atom is 0.303 e. The molecule has 0 spiro atoms. The zero-order valence-corrected chi connectivity index (χ0v) is 10.1. The maximum absolute atomic E-state index is 10.8. The summed E-state index contributed by atoms with van der Waals surface area (Å²) in [6.07, 6.45) is 2.55. The van der Waals surface area contributed by atoms with Gasteiger partial charge in [0.15, 0.2) is 0 Å². The van der Waals surface area contributed by atoms with Crippen LogP contribution in [-0.2, 0) is 4.79 Å². The fraction of sp³-hybridized carbons (Fsp3) is 0.357. The monoisotopic (exact) mass is 234 g/mol. The van der Waals surface area contributed by atoms with Crippen LogP contribution >= 0.6 is 0 Å². The molecular formula is C14H18O3. The van der Waals surface area contributed by atoms with Gasteiger partial charge in [-0.2, -0.15) is 0 Å². The highest BCUT2D eigenvalue weighted by Crippen LogP contribution is 2.25. The van der Waals surface area contributed by atoms with E-state index in [9.17, 15) is 4.79 Å². The van der Waals surface area contributed by atoms with Crippen molar-refractivity contribution in [3.8, 4) is 5.75 Å². The minimum atomic E-state index is -0.786. The molecule has 0 aliphatic heterocycles. The predicted molar refractivity (Wildman–Crippen MR) is 67.4 cm³/mol. The van der Waals surface area contributed by atoms with Crippen LogP contribution < -0.4 is 4.74 Å². The number of rotatable bonds is 7. The van der Waals surface area contributed by atoms with Crippen LogP contribution in [0.15, 0.2) is 36.9 Å². The molecule has 3 heteroatoms. The molecule has 0 saturated carbocycles. The Balaban J connectivity index is 2.79. The lowest BCUT2D eigenvalue weighted by molar-refractivity contribution is -0.137. The van der Waals surface area contributed by atoms with Gasteiger partial charge in [0.05, 0.1) is 13.0 Å². The normalized spacial score (nSPS) is 11.8. The highest BCUT2D eigenvalue weighted by Gasteiger charge is 2.14. The lowest BCUT2D eigenvalue weighted by atomic mass is 9.92. The van der Waals surface area contributed by atoms with Crippen LogP contribution in [-0.4, -0.2) is 17.7 Å². The van der Waals surface area contributed by atoms with Gasteiger partial charge in [0.25, 0.3) is 0 Å². The van der Waals surface area contributed by atoms with Crippen molar-refractivity contribution in [1.29, 1.82) is 0 Å². The smallest absolute Gasteiger partial charge is 0.303 e. The van der Waals surface area contributed by atoms with Crippen molar-refractivity contribution >= 4 is 5.97 Å². The molecular weight excluding hydrogens is 216 g/mol. The first kappa shape index (κ1) is 13.3. The molecule has 0 bridgehead atoms. The number of carbonyl (C=O) groups is 1. The summed E-state index contributed by atoms with van der Waals surface area (Å²) in [5.41, 5.74) is 1.01. The van der Waals surface area contributed by atoms with Crippen LogP contribution in [0, 0.1) is 0 Å². The van der Waals surface area contributed by atoms with E-state index in [1.165, 1.54) is 0 Å². The zero-order chi connectivity index (χ0) is 12.7. The van der Waals surface area contributed by atoms with E-state index in [1.54, 1.807) is 6.08 Å². The lowest BCUT2D eigenvalue weighted by Crippen LogP contribution is -2.05. The predicted octanol–water partition coefficient (Wildman–Crippen LogP) is 3.22. The standard InChI is InChI=1S/C14H18O3/c1-3-5-12(10-14(15)16)11-6-8-13(9-7-11)17-4-2/h3,6-9,12H,1,4-5,10H2,2H3,(H,15,16)/t12-/m1/s1. The average Bonchev–Trinajstić information content (AvgIpc) is 2.29. The van der Waals surface area contributed by atoms with E-state index in [0.29, 0.717) is 13.0 Å². The first-order valence-electron chi connectivity index (χ1n) is 5.72. The molecule has 1 atom stereocenters. The second-order valence-electron chi connectivity index (χ2n) is 3.82. The number of aliphatic carboxylic acids is 1. The summed E-state index contributed by atoms with van der Waals surface area (Å²) in [5.74, 6) is 0.00957. The van der Waals surface area contributed by atoms with Gasteiger partial charge in [0.1, 0.15) is 5.75 Å². The summed E-state index contributed by atoms with van der Waals surface area (Å²) in [6, 6.07) is 7.58. The molecule has 0 aliphatic carbocycles. The van der Waals surface area contributed by atoms with E-state index < -0.39 is 5.97 Å². The Labute approximate surface area is 102 Å². The van der Waals surface area contributed by atoms with E-state index in [4.69, 9.17) is 9.84 Å². The third kappa shape index (κ3) is 4.31. The summed E-state index contributed by atoms with van der Waals surface area (Å²) in [7, 11) is 0. The topological polar surface area (TPSA) is 46.5 Å². The quantitative estimate of drug-likeness (QED) is 0.737. The second kappa shape index (κ2) is 6.74.